The highest BCUT2D eigenvalue weighted by Crippen LogP contribution is 2.34. The second-order valence-electron chi connectivity index (χ2n) is 4.18. The van der Waals surface area contributed by atoms with Crippen molar-refractivity contribution < 1.29 is 0 Å². The van der Waals surface area contributed by atoms with Gasteiger partial charge in [-0.3, -0.25) is 0 Å². The first-order valence-electron chi connectivity index (χ1n) is 5.99. The van der Waals surface area contributed by atoms with E-state index in [2.05, 4.69) is 28.8 Å². The number of fused-ring (bicyclic) bond motifs is 1. The predicted molar refractivity (Wildman–Crippen MR) is 79.8 cm³/mol. The fourth-order valence-electron chi connectivity index (χ4n) is 2.35. The zero-order chi connectivity index (χ0) is 13.2. The van der Waals surface area contributed by atoms with E-state index in [-0.39, 0.29) is 0 Å². The Bertz CT molecular complexity index is 767. The third-order valence-corrected chi connectivity index (χ3v) is 3.92. The molecule has 0 spiro atoms. The van der Waals surface area contributed by atoms with Crippen LogP contribution in [0, 0.1) is 11.3 Å². The minimum atomic E-state index is 0.756. The highest BCUT2D eigenvalue weighted by atomic mass is 32.2. The zero-order valence-electron chi connectivity index (χ0n) is 10.5. The molecule has 0 atom stereocenters. The van der Waals surface area contributed by atoms with E-state index >= 15 is 0 Å². The summed E-state index contributed by atoms with van der Waals surface area (Å²) < 4.78 is 2.15. The Balaban J connectivity index is 2.45. The molecule has 0 aliphatic heterocycles. The maximum absolute atomic E-state index is 9.43. The molecule has 0 fully saturated rings. The second kappa shape index (κ2) is 4.83. The number of thioether (sulfide) groups is 1. The molecule has 2 nitrogen and oxygen atoms in total. The lowest BCUT2D eigenvalue weighted by Gasteiger charge is -2.08. The molecule has 0 aliphatic rings. The fourth-order valence-corrected chi connectivity index (χ4v) is 3.10. The van der Waals surface area contributed by atoms with Crippen LogP contribution in [-0.4, -0.2) is 10.8 Å². The number of para-hydroxylation sites is 2. The van der Waals surface area contributed by atoms with Crippen LogP contribution in [0.5, 0.6) is 0 Å². The molecule has 1 aromatic heterocycles. The Hall–Kier alpha value is -2.18. The fraction of sp³-hybridized carbons (Fsp3) is 0.0625. The van der Waals surface area contributed by atoms with E-state index in [9.17, 15) is 5.26 Å². The number of rotatable bonds is 2. The number of hydrogen-bond acceptors (Lipinski definition) is 2. The summed E-state index contributed by atoms with van der Waals surface area (Å²) in [5.74, 6) is 0. The SMILES string of the molecule is CSc1c(C#N)c2ccccc2n1-c1ccccc1. The summed E-state index contributed by atoms with van der Waals surface area (Å²) >= 11 is 1.61. The Morgan fingerprint density at radius 1 is 1.00 bits per heavy atom. The van der Waals surface area contributed by atoms with Crippen LogP contribution in [0.1, 0.15) is 5.56 Å². The molecule has 2 aromatic carbocycles. The third kappa shape index (κ3) is 1.81. The Morgan fingerprint density at radius 3 is 2.37 bits per heavy atom. The van der Waals surface area contributed by atoms with Crippen molar-refractivity contribution in [3.8, 4) is 11.8 Å². The van der Waals surface area contributed by atoms with Gasteiger partial charge >= 0.3 is 0 Å². The second-order valence-corrected chi connectivity index (χ2v) is 4.98. The van der Waals surface area contributed by atoms with Crippen molar-refractivity contribution in [3.05, 3.63) is 60.2 Å². The molecule has 3 heteroatoms. The molecule has 1 heterocycles. The van der Waals surface area contributed by atoms with Gasteiger partial charge in [0, 0.05) is 11.1 Å². The van der Waals surface area contributed by atoms with Crippen LogP contribution >= 0.6 is 11.8 Å². The van der Waals surface area contributed by atoms with E-state index in [1.165, 1.54) is 0 Å². The molecule has 19 heavy (non-hydrogen) atoms. The van der Waals surface area contributed by atoms with Gasteiger partial charge in [-0.25, -0.2) is 0 Å². The minimum Gasteiger partial charge on any atom is -0.303 e. The smallest absolute Gasteiger partial charge is 0.103 e. The molecule has 0 radical (unpaired) electrons. The molecule has 0 bridgehead atoms. The summed E-state index contributed by atoms with van der Waals surface area (Å²) in [7, 11) is 0. The molecule has 0 N–H and O–H groups in total. The minimum absolute atomic E-state index is 0.756. The Labute approximate surface area is 116 Å². The van der Waals surface area contributed by atoms with Crippen molar-refractivity contribution in [2.45, 2.75) is 5.03 Å². The average molecular weight is 264 g/mol. The summed E-state index contributed by atoms with van der Waals surface area (Å²) in [6.45, 7) is 0. The molecular formula is C16H12N2S. The Morgan fingerprint density at radius 2 is 1.68 bits per heavy atom. The molecule has 3 rings (SSSR count). The van der Waals surface area contributed by atoms with Crippen molar-refractivity contribution >= 4 is 22.7 Å². The van der Waals surface area contributed by atoms with Gasteiger partial charge in [0.2, 0.25) is 0 Å². The first kappa shape index (κ1) is 11.9. The maximum Gasteiger partial charge on any atom is 0.103 e. The molecule has 92 valence electrons. The van der Waals surface area contributed by atoms with E-state index in [1.807, 2.05) is 42.7 Å². The maximum atomic E-state index is 9.43. The zero-order valence-corrected chi connectivity index (χ0v) is 11.3. The van der Waals surface area contributed by atoms with Crippen molar-refractivity contribution in [1.82, 2.24) is 4.57 Å². The van der Waals surface area contributed by atoms with E-state index < -0.39 is 0 Å². The summed E-state index contributed by atoms with van der Waals surface area (Å²) in [6, 6.07) is 20.5. The van der Waals surface area contributed by atoms with Crippen LogP contribution in [0.3, 0.4) is 0 Å². The molecule has 0 saturated heterocycles. The molecule has 0 saturated carbocycles. The molecule has 0 unspecified atom stereocenters. The van der Waals surface area contributed by atoms with E-state index in [0.717, 1.165) is 27.2 Å². The van der Waals surface area contributed by atoms with Gasteiger partial charge in [-0.05, 0) is 24.5 Å². The molecule has 0 aliphatic carbocycles. The lowest BCUT2D eigenvalue weighted by atomic mass is 10.2. The van der Waals surface area contributed by atoms with E-state index in [0.29, 0.717) is 0 Å². The van der Waals surface area contributed by atoms with E-state index in [1.54, 1.807) is 11.8 Å². The largest absolute Gasteiger partial charge is 0.303 e. The Kier molecular flexibility index (Phi) is 3.02. The summed E-state index contributed by atoms with van der Waals surface area (Å²) in [5, 5.41) is 11.4. The first-order valence-corrected chi connectivity index (χ1v) is 7.22. The average Bonchev–Trinajstić information content (AvgIpc) is 2.81. The number of aromatic nitrogens is 1. The quantitative estimate of drug-likeness (QED) is 0.648. The number of benzene rings is 2. The van der Waals surface area contributed by atoms with Gasteiger partial charge in [-0.1, -0.05) is 36.4 Å². The number of nitriles is 1. The normalized spacial score (nSPS) is 10.5. The van der Waals surface area contributed by atoms with Crippen LogP contribution < -0.4 is 0 Å². The van der Waals surface area contributed by atoms with Gasteiger partial charge < -0.3 is 4.57 Å². The first-order chi connectivity index (χ1) is 9.36. The van der Waals surface area contributed by atoms with Gasteiger partial charge in [-0.2, -0.15) is 5.26 Å². The highest BCUT2D eigenvalue weighted by Gasteiger charge is 2.16. The number of hydrogen-bond donors (Lipinski definition) is 0. The lowest BCUT2D eigenvalue weighted by Crippen LogP contribution is -1.95. The van der Waals surface area contributed by atoms with Gasteiger partial charge in [0.15, 0.2) is 0 Å². The van der Waals surface area contributed by atoms with Gasteiger partial charge in [-0.15, -0.1) is 11.8 Å². The van der Waals surface area contributed by atoms with Crippen LogP contribution in [0.2, 0.25) is 0 Å². The summed E-state index contributed by atoms with van der Waals surface area (Å²) in [4.78, 5) is 0. The van der Waals surface area contributed by atoms with Crippen LogP contribution in [-0.2, 0) is 0 Å². The van der Waals surface area contributed by atoms with Crippen LogP contribution in [0.25, 0.3) is 16.6 Å². The van der Waals surface area contributed by atoms with Gasteiger partial charge in [0.05, 0.1) is 16.1 Å². The van der Waals surface area contributed by atoms with Crippen molar-refractivity contribution in [2.24, 2.45) is 0 Å². The standard InChI is InChI=1S/C16H12N2S/c1-19-16-14(11-17)13-9-5-6-10-15(13)18(16)12-7-3-2-4-8-12/h2-10H,1H3. The van der Waals surface area contributed by atoms with Crippen LogP contribution in [0.15, 0.2) is 59.6 Å². The topological polar surface area (TPSA) is 28.7 Å². The third-order valence-electron chi connectivity index (χ3n) is 3.15. The van der Waals surface area contributed by atoms with Crippen molar-refractivity contribution in [3.63, 3.8) is 0 Å². The molecule has 3 aromatic rings. The number of nitrogens with zero attached hydrogens (tertiary/aromatic N) is 2. The van der Waals surface area contributed by atoms with Gasteiger partial charge in [0.25, 0.3) is 0 Å². The summed E-state index contributed by atoms with van der Waals surface area (Å²) in [6.07, 6.45) is 2.01. The molecule has 0 amide bonds. The van der Waals surface area contributed by atoms with Crippen LogP contribution in [0.4, 0.5) is 0 Å². The highest BCUT2D eigenvalue weighted by molar-refractivity contribution is 7.98. The summed E-state index contributed by atoms with van der Waals surface area (Å²) in [5.41, 5.74) is 2.92. The monoisotopic (exact) mass is 264 g/mol. The predicted octanol–water partition coefficient (Wildman–Crippen LogP) is 4.22. The van der Waals surface area contributed by atoms with Gasteiger partial charge in [0.1, 0.15) is 6.07 Å². The van der Waals surface area contributed by atoms with Crippen molar-refractivity contribution in [2.75, 3.05) is 6.26 Å². The van der Waals surface area contributed by atoms with E-state index in [4.69, 9.17) is 0 Å². The lowest BCUT2D eigenvalue weighted by molar-refractivity contribution is 0.986. The molecular weight excluding hydrogens is 252 g/mol. The van der Waals surface area contributed by atoms with Crippen molar-refractivity contribution in [1.29, 1.82) is 5.26 Å².